The van der Waals surface area contributed by atoms with Crippen LogP contribution in [-0.4, -0.2) is 47.5 Å². The Morgan fingerprint density at radius 3 is 2.68 bits per heavy atom. The minimum absolute atomic E-state index is 0.00417. The largest absolute Gasteiger partial charge is 0.493 e. The molecule has 8 heteroatoms. The number of carbonyl (C=O) groups is 2. The molecule has 2 atom stereocenters. The standard InChI is InChI=1S/C23H29N3O4S/c1-13(2)30-20-9-16(7-8-19(20)29-4)17-10-21(27)26(11-17)14(3)22(28)25-23-24-18(12-31-23)15-5-6-15/h7-9,12-15,17H,5-6,10-11H2,1-4H3,(H,24,25,28). The van der Waals surface area contributed by atoms with E-state index < -0.39 is 6.04 Å². The number of nitrogens with one attached hydrogen (secondary N) is 1. The number of likely N-dealkylation sites (tertiary alicyclic amines) is 1. The molecule has 0 radical (unpaired) electrons. The minimum Gasteiger partial charge on any atom is -0.493 e. The van der Waals surface area contributed by atoms with Gasteiger partial charge in [0.2, 0.25) is 11.8 Å². The number of thiazole rings is 1. The van der Waals surface area contributed by atoms with Crippen LogP contribution in [0.3, 0.4) is 0 Å². The average Bonchev–Trinajstić information content (AvgIpc) is 3.36. The number of ether oxygens (including phenoxy) is 2. The minimum atomic E-state index is -0.560. The second-order valence-corrected chi connectivity index (χ2v) is 9.40. The van der Waals surface area contributed by atoms with Crippen molar-refractivity contribution in [3.8, 4) is 11.5 Å². The number of nitrogens with zero attached hydrogens (tertiary/aromatic N) is 2. The maximum Gasteiger partial charge on any atom is 0.248 e. The summed E-state index contributed by atoms with van der Waals surface area (Å²) in [6, 6.07) is 5.22. The van der Waals surface area contributed by atoms with Gasteiger partial charge in [-0.3, -0.25) is 9.59 Å². The highest BCUT2D eigenvalue weighted by molar-refractivity contribution is 7.13. The molecule has 0 spiro atoms. The van der Waals surface area contributed by atoms with E-state index in [2.05, 4.69) is 10.3 Å². The quantitative estimate of drug-likeness (QED) is 0.663. The van der Waals surface area contributed by atoms with Crippen molar-refractivity contribution in [2.24, 2.45) is 0 Å². The van der Waals surface area contributed by atoms with Gasteiger partial charge in [-0.1, -0.05) is 6.07 Å². The Labute approximate surface area is 186 Å². The third kappa shape index (κ3) is 4.84. The molecular formula is C23H29N3O4S. The lowest BCUT2D eigenvalue weighted by Crippen LogP contribution is -2.42. The predicted octanol–water partition coefficient (Wildman–Crippen LogP) is 4.16. The number of anilines is 1. The zero-order valence-electron chi connectivity index (χ0n) is 18.4. The summed E-state index contributed by atoms with van der Waals surface area (Å²) in [6.07, 6.45) is 2.73. The van der Waals surface area contributed by atoms with Crippen LogP contribution >= 0.6 is 11.3 Å². The molecular weight excluding hydrogens is 414 g/mol. The van der Waals surface area contributed by atoms with Crippen molar-refractivity contribution in [3.63, 3.8) is 0 Å². The van der Waals surface area contributed by atoms with E-state index in [1.807, 2.05) is 37.4 Å². The number of amides is 2. The van der Waals surface area contributed by atoms with Crippen molar-refractivity contribution in [1.29, 1.82) is 0 Å². The van der Waals surface area contributed by atoms with Gasteiger partial charge in [-0.25, -0.2) is 4.98 Å². The van der Waals surface area contributed by atoms with Gasteiger partial charge in [0.05, 0.1) is 18.9 Å². The van der Waals surface area contributed by atoms with Crippen LogP contribution in [0.4, 0.5) is 5.13 Å². The summed E-state index contributed by atoms with van der Waals surface area (Å²) in [7, 11) is 1.61. The molecule has 7 nitrogen and oxygen atoms in total. The fourth-order valence-electron chi connectivity index (χ4n) is 3.88. The summed E-state index contributed by atoms with van der Waals surface area (Å²) in [5, 5.41) is 5.49. The van der Waals surface area contributed by atoms with E-state index in [9.17, 15) is 9.59 Å². The molecule has 1 aromatic heterocycles. The van der Waals surface area contributed by atoms with Gasteiger partial charge in [-0.15, -0.1) is 11.3 Å². The molecule has 31 heavy (non-hydrogen) atoms. The number of benzene rings is 1. The Bertz CT molecular complexity index is 969. The van der Waals surface area contributed by atoms with E-state index in [-0.39, 0.29) is 23.8 Å². The maximum atomic E-state index is 12.8. The normalized spacial score (nSPS) is 19.6. The highest BCUT2D eigenvalue weighted by Gasteiger charge is 2.36. The molecule has 2 unspecified atom stereocenters. The monoisotopic (exact) mass is 443 g/mol. The lowest BCUT2D eigenvalue weighted by Gasteiger charge is -2.24. The molecule has 2 fully saturated rings. The highest BCUT2D eigenvalue weighted by atomic mass is 32.1. The van der Waals surface area contributed by atoms with Gasteiger partial charge in [0, 0.05) is 30.2 Å². The fourth-order valence-corrected chi connectivity index (χ4v) is 4.68. The summed E-state index contributed by atoms with van der Waals surface area (Å²) in [6.45, 7) is 6.19. The molecule has 1 saturated carbocycles. The van der Waals surface area contributed by atoms with E-state index in [0.29, 0.717) is 35.5 Å². The maximum absolute atomic E-state index is 12.8. The van der Waals surface area contributed by atoms with Crippen molar-refractivity contribution < 1.29 is 19.1 Å². The Morgan fingerprint density at radius 2 is 2.00 bits per heavy atom. The molecule has 4 rings (SSSR count). The first-order valence-corrected chi connectivity index (χ1v) is 11.6. The molecule has 1 saturated heterocycles. The topological polar surface area (TPSA) is 80.8 Å². The van der Waals surface area contributed by atoms with Crippen LogP contribution in [-0.2, 0) is 9.59 Å². The van der Waals surface area contributed by atoms with Crippen molar-refractivity contribution in [1.82, 2.24) is 9.88 Å². The Morgan fingerprint density at radius 1 is 1.23 bits per heavy atom. The number of hydrogen-bond donors (Lipinski definition) is 1. The number of methoxy groups -OCH3 is 1. The molecule has 0 bridgehead atoms. The molecule has 1 aliphatic heterocycles. The molecule has 2 aromatic rings. The summed E-state index contributed by atoms with van der Waals surface area (Å²) in [5.41, 5.74) is 2.07. The summed E-state index contributed by atoms with van der Waals surface area (Å²) in [4.78, 5) is 31.7. The number of carbonyl (C=O) groups excluding carboxylic acids is 2. The van der Waals surface area contributed by atoms with Crippen molar-refractivity contribution in [2.45, 2.75) is 64.0 Å². The molecule has 1 aromatic carbocycles. The lowest BCUT2D eigenvalue weighted by molar-refractivity contribution is -0.134. The molecule has 1 aliphatic carbocycles. The number of hydrogen-bond acceptors (Lipinski definition) is 6. The van der Waals surface area contributed by atoms with Gasteiger partial charge >= 0.3 is 0 Å². The Balaban J connectivity index is 1.42. The van der Waals surface area contributed by atoms with Crippen molar-refractivity contribution in [3.05, 3.63) is 34.8 Å². The second kappa shape index (κ2) is 8.86. The van der Waals surface area contributed by atoms with Gasteiger partial charge in [0.25, 0.3) is 0 Å². The molecule has 1 N–H and O–H groups in total. The van der Waals surface area contributed by atoms with E-state index in [1.165, 1.54) is 24.2 Å². The Kier molecular flexibility index (Phi) is 6.18. The first-order chi connectivity index (χ1) is 14.9. The first-order valence-electron chi connectivity index (χ1n) is 10.8. The zero-order chi connectivity index (χ0) is 22.1. The Hall–Kier alpha value is -2.61. The van der Waals surface area contributed by atoms with E-state index >= 15 is 0 Å². The van der Waals surface area contributed by atoms with Crippen LogP contribution in [0.25, 0.3) is 0 Å². The SMILES string of the molecule is COc1ccc(C2CC(=O)N(C(C)C(=O)Nc3nc(C4CC4)cs3)C2)cc1OC(C)C. The zero-order valence-corrected chi connectivity index (χ0v) is 19.2. The third-order valence-corrected chi connectivity index (χ3v) is 6.55. The predicted molar refractivity (Wildman–Crippen MR) is 120 cm³/mol. The van der Waals surface area contributed by atoms with Crippen molar-refractivity contribution in [2.75, 3.05) is 19.0 Å². The van der Waals surface area contributed by atoms with E-state index in [1.54, 1.807) is 18.9 Å². The summed E-state index contributed by atoms with van der Waals surface area (Å²) in [5.74, 6) is 1.66. The van der Waals surface area contributed by atoms with Crippen LogP contribution in [0.1, 0.15) is 63.1 Å². The fraction of sp³-hybridized carbons (Fsp3) is 0.522. The first kappa shape index (κ1) is 21.6. The molecule has 2 aliphatic rings. The van der Waals surface area contributed by atoms with Crippen LogP contribution in [0.5, 0.6) is 11.5 Å². The highest BCUT2D eigenvalue weighted by Crippen LogP contribution is 2.41. The van der Waals surface area contributed by atoms with Crippen LogP contribution in [0.2, 0.25) is 0 Å². The number of rotatable bonds is 8. The van der Waals surface area contributed by atoms with Gasteiger partial charge in [0.1, 0.15) is 6.04 Å². The van der Waals surface area contributed by atoms with Crippen LogP contribution in [0, 0.1) is 0 Å². The van der Waals surface area contributed by atoms with Crippen molar-refractivity contribution >= 4 is 28.3 Å². The lowest BCUT2D eigenvalue weighted by atomic mass is 9.98. The van der Waals surface area contributed by atoms with Crippen LogP contribution in [0.15, 0.2) is 23.6 Å². The third-order valence-electron chi connectivity index (χ3n) is 5.77. The summed E-state index contributed by atoms with van der Waals surface area (Å²) >= 11 is 1.44. The summed E-state index contributed by atoms with van der Waals surface area (Å²) < 4.78 is 11.3. The molecule has 166 valence electrons. The van der Waals surface area contributed by atoms with Crippen LogP contribution < -0.4 is 14.8 Å². The van der Waals surface area contributed by atoms with Gasteiger partial charge in [-0.05, 0) is 51.3 Å². The smallest absolute Gasteiger partial charge is 0.248 e. The van der Waals surface area contributed by atoms with Gasteiger partial charge in [0.15, 0.2) is 16.6 Å². The van der Waals surface area contributed by atoms with E-state index in [4.69, 9.17) is 9.47 Å². The second-order valence-electron chi connectivity index (χ2n) is 8.54. The molecule has 2 heterocycles. The van der Waals surface area contributed by atoms with E-state index in [0.717, 1.165) is 11.3 Å². The number of aromatic nitrogens is 1. The van der Waals surface area contributed by atoms with Gasteiger partial charge < -0.3 is 19.7 Å². The molecule has 2 amide bonds. The average molecular weight is 444 g/mol. The van der Waals surface area contributed by atoms with Gasteiger partial charge in [-0.2, -0.15) is 0 Å².